The highest BCUT2D eigenvalue weighted by molar-refractivity contribution is 9.10. The first-order valence-electron chi connectivity index (χ1n) is 5.70. The fourth-order valence-corrected chi connectivity index (χ4v) is 2.71. The summed E-state index contributed by atoms with van der Waals surface area (Å²) in [7, 11) is 0. The van der Waals surface area contributed by atoms with Crippen LogP contribution in [0, 0.1) is 12.8 Å². The third kappa shape index (κ3) is 2.43. The zero-order valence-corrected chi connectivity index (χ0v) is 10.8. The highest BCUT2D eigenvalue weighted by atomic mass is 79.9. The van der Waals surface area contributed by atoms with E-state index in [-0.39, 0.29) is 6.04 Å². The molecule has 1 aromatic carbocycles. The summed E-state index contributed by atoms with van der Waals surface area (Å²) in [6.45, 7) is 2.12. The maximum atomic E-state index is 6.30. The molecule has 0 aromatic heterocycles. The van der Waals surface area contributed by atoms with Gasteiger partial charge in [0.25, 0.3) is 0 Å². The standard InChI is InChI=1S/C13H18BrN/c1-9-8-11(6-7-12(9)14)13(15)10-4-2-3-5-10/h6-8,10,13H,2-5,15H2,1H3. The molecule has 1 atom stereocenters. The second-order valence-corrected chi connectivity index (χ2v) is 5.43. The van der Waals surface area contributed by atoms with E-state index >= 15 is 0 Å². The monoisotopic (exact) mass is 267 g/mol. The lowest BCUT2D eigenvalue weighted by Crippen LogP contribution is -2.19. The molecule has 0 amide bonds. The summed E-state index contributed by atoms with van der Waals surface area (Å²) in [4.78, 5) is 0. The van der Waals surface area contributed by atoms with E-state index in [0.29, 0.717) is 5.92 Å². The number of rotatable bonds is 2. The van der Waals surface area contributed by atoms with Gasteiger partial charge in [0.15, 0.2) is 0 Å². The van der Waals surface area contributed by atoms with Crippen molar-refractivity contribution in [2.45, 2.75) is 38.6 Å². The van der Waals surface area contributed by atoms with E-state index in [4.69, 9.17) is 5.73 Å². The lowest BCUT2D eigenvalue weighted by molar-refractivity contribution is 0.445. The summed E-state index contributed by atoms with van der Waals surface area (Å²) >= 11 is 3.52. The molecule has 0 aliphatic heterocycles. The molecule has 0 saturated heterocycles. The Hall–Kier alpha value is -0.340. The van der Waals surface area contributed by atoms with Crippen molar-refractivity contribution < 1.29 is 0 Å². The van der Waals surface area contributed by atoms with Gasteiger partial charge in [0, 0.05) is 10.5 Å². The Labute approximate surface area is 100 Å². The second kappa shape index (κ2) is 4.67. The number of hydrogen-bond acceptors (Lipinski definition) is 1. The SMILES string of the molecule is Cc1cc(C(N)C2CCCC2)ccc1Br. The van der Waals surface area contributed by atoms with Gasteiger partial charge in [0.05, 0.1) is 0 Å². The van der Waals surface area contributed by atoms with Crippen LogP contribution in [0.15, 0.2) is 22.7 Å². The molecule has 1 fully saturated rings. The summed E-state index contributed by atoms with van der Waals surface area (Å²) < 4.78 is 1.17. The summed E-state index contributed by atoms with van der Waals surface area (Å²) in [6, 6.07) is 6.71. The van der Waals surface area contributed by atoms with E-state index in [9.17, 15) is 0 Å². The van der Waals surface area contributed by atoms with Gasteiger partial charge in [-0.05, 0) is 42.9 Å². The van der Waals surface area contributed by atoms with Gasteiger partial charge in [-0.3, -0.25) is 0 Å². The Morgan fingerprint density at radius 3 is 2.60 bits per heavy atom. The number of halogens is 1. The van der Waals surface area contributed by atoms with Crippen LogP contribution in [0.3, 0.4) is 0 Å². The van der Waals surface area contributed by atoms with E-state index in [2.05, 4.69) is 41.1 Å². The molecule has 82 valence electrons. The third-order valence-electron chi connectivity index (χ3n) is 3.47. The lowest BCUT2D eigenvalue weighted by atomic mass is 9.92. The fraction of sp³-hybridized carbons (Fsp3) is 0.538. The van der Waals surface area contributed by atoms with Crippen molar-refractivity contribution in [3.63, 3.8) is 0 Å². The van der Waals surface area contributed by atoms with Crippen LogP contribution in [0.5, 0.6) is 0 Å². The Kier molecular flexibility index (Phi) is 3.47. The first-order chi connectivity index (χ1) is 7.18. The number of benzene rings is 1. The summed E-state index contributed by atoms with van der Waals surface area (Å²) in [5.41, 5.74) is 8.88. The van der Waals surface area contributed by atoms with E-state index in [0.717, 1.165) is 0 Å². The summed E-state index contributed by atoms with van der Waals surface area (Å²) in [5.74, 6) is 0.700. The van der Waals surface area contributed by atoms with Gasteiger partial charge in [-0.25, -0.2) is 0 Å². The van der Waals surface area contributed by atoms with Crippen LogP contribution in [0.4, 0.5) is 0 Å². The van der Waals surface area contributed by atoms with E-state index < -0.39 is 0 Å². The first-order valence-corrected chi connectivity index (χ1v) is 6.49. The minimum Gasteiger partial charge on any atom is -0.324 e. The molecule has 0 heterocycles. The normalized spacial score (nSPS) is 19.4. The molecule has 0 spiro atoms. The van der Waals surface area contributed by atoms with Crippen LogP contribution in [-0.2, 0) is 0 Å². The van der Waals surface area contributed by atoms with Gasteiger partial charge >= 0.3 is 0 Å². The highest BCUT2D eigenvalue weighted by Crippen LogP contribution is 2.34. The largest absolute Gasteiger partial charge is 0.324 e. The average Bonchev–Trinajstić information content (AvgIpc) is 2.74. The molecule has 15 heavy (non-hydrogen) atoms. The molecule has 2 heteroatoms. The van der Waals surface area contributed by atoms with Crippen LogP contribution >= 0.6 is 15.9 Å². The molecule has 1 unspecified atom stereocenters. The van der Waals surface area contributed by atoms with Crippen molar-refractivity contribution in [2.24, 2.45) is 11.7 Å². The first kappa shape index (κ1) is 11.2. The van der Waals surface area contributed by atoms with E-state index in [1.807, 2.05) is 0 Å². The minimum atomic E-state index is 0.235. The smallest absolute Gasteiger partial charge is 0.0323 e. The molecule has 1 aliphatic carbocycles. The van der Waals surface area contributed by atoms with Crippen molar-refractivity contribution in [1.29, 1.82) is 0 Å². The topological polar surface area (TPSA) is 26.0 Å². The van der Waals surface area contributed by atoms with Gasteiger partial charge in [-0.1, -0.05) is 40.9 Å². The minimum absolute atomic E-state index is 0.235. The van der Waals surface area contributed by atoms with E-state index in [1.54, 1.807) is 0 Å². The molecule has 1 aromatic rings. The Balaban J connectivity index is 2.17. The van der Waals surface area contributed by atoms with E-state index in [1.165, 1.54) is 41.3 Å². The quantitative estimate of drug-likeness (QED) is 0.863. The van der Waals surface area contributed by atoms with Gasteiger partial charge in [0.2, 0.25) is 0 Å². The van der Waals surface area contributed by atoms with Crippen molar-refractivity contribution in [3.8, 4) is 0 Å². The molecule has 0 radical (unpaired) electrons. The molecule has 1 aliphatic rings. The van der Waals surface area contributed by atoms with Crippen LogP contribution in [-0.4, -0.2) is 0 Å². The fourth-order valence-electron chi connectivity index (χ4n) is 2.46. The van der Waals surface area contributed by atoms with Crippen molar-refractivity contribution in [2.75, 3.05) is 0 Å². The Bertz CT molecular complexity index is 342. The Morgan fingerprint density at radius 2 is 2.00 bits per heavy atom. The Morgan fingerprint density at radius 1 is 1.33 bits per heavy atom. The maximum absolute atomic E-state index is 6.30. The molecular formula is C13H18BrN. The highest BCUT2D eigenvalue weighted by Gasteiger charge is 2.23. The summed E-state index contributed by atoms with van der Waals surface area (Å²) in [5, 5.41) is 0. The van der Waals surface area contributed by atoms with Crippen LogP contribution < -0.4 is 5.73 Å². The maximum Gasteiger partial charge on any atom is 0.0323 e. The van der Waals surface area contributed by atoms with Crippen molar-refractivity contribution in [1.82, 2.24) is 0 Å². The van der Waals surface area contributed by atoms with Gasteiger partial charge < -0.3 is 5.73 Å². The molecule has 2 rings (SSSR count). The predicted molar refractivity (Wildman–Crippen MR) is 67.8 cm³/mol. The van der Waals surface area contributed by atoms with Crippen LogP contribution in [0.2, 0.25) is 0 Å². The number of hydrogen-bond donors (Lipinski definition) is 1. The van der Waals surface area contributed by atoms with Crippen LogP contribution in [0.1, 0.15) is 42.9 Å². The van der Waals surface area contributed by atoms with Gasteiger partial charge in [-0.15, -0.1) is 0 Å². The molecule has 1 saturated carbocycles. The molecule has 1 nitrogen and oxygen atoms in total. The molecule has 0 bridgehead atoms. The van der Waals surface area contributed by atoms with Crippen molar-refractivity contribution in [3.05, 3.63) is 33.8 Å². The van der Waals surface area contributed by atoms with Crippen molar-refractivity contribution >= 4 is 15.9 Å². The predicted octanol–water partition coefficient (Wildman–Crippen LogP) is 3.95. The number of nitrogens with two attached hydrogens (primary N) is 1. The third-order valence-corrected chi connectivity index (χ3v) is 4.36. The zero-order chi connectivity index (χ0) is 10.8. The average molecular weight is 268 g/mol. The summed E-state index contributed by atoms with van der Waals surface area (Å²) in [6.07, 6.45) is 5.31. The lowest BCUT2D eigenvalue weighted by Gasteiger charge is -2.19. The van der Waals surface area contributed by atoms with Gasteiger partial charge in [-0.2, -0.15) is 0 Å². The molecular weight excluding hydrogens is 250 g/mol. The second-order valence-electron chi connectivity index (χ2n) is 4.58. The number of aryl methyl sites for hydroxylation is 1. The molecule has 2 N–H and O–H groups in total. The van der Waals surface area contributed by atoms with Crippen LogP contribution in [0.25, 0.3) is 0 Å². The zero-order valence-electron chi connectivity index (χ0n) is 9.17. The van der Waals surface area contributed by atoms with Gasteiger partial charge in [0.1, 0.15) is 0 Å².